The number of imidazole rings is 1. The van der Waals surface area contributed by atoms with Crippen LogP contribution in [0.1, 0.15) is 18.9 Å². The molecule has 3 rings (SSSR count). The van der Waals surface area contributed by atoms with Crippen molar-refractivity contribution in [3.05, 3.63) is 24.5 Å². The Bertz CT molecular complexity index is 647. The molecule has 0 spiro atoms. The number of nitrogen functional groups attached to an aromatic ring is 1. The van der Waals surface area contributed by atoms with E-state index in [2.05, 4.69) is 10.3 Å². The number of anilines is 1. The van der Waals surface area contributed by atoms with Gasteiger partial charge in [-0.15, -0.1) is 0 Å². The van der Waals surface area contributed by atoms with Crippen LogP contribution in [-0.2, 0) is 9.59 Å². The van der Waals surface area contributed by atoms with E-state index in [-0.39, 0.29) is 11.8 Å². The summed E-state index contributed by atoms with van der Waals surface area (Å²) in [6.07, 6.45) is 2.45. The van der Waals surface area contributed by atoms with Crippen LogP contribution in [0.3, 0.4) is 0 Å². The molecule has 1 unspecified atom stereocenters. The number of rotatable bonds is 1. The van der Waals surface area contributed by atoms with E-state index in [1.165, 1.54) is 0 Å². The predicted molar refractivity (Wildman–Crippen MR) is 65.6 cm³/mol. The highest BCUT2D eigenvalue weighted by molar-refractivity contribution is 6.00. The lowest BCUT2D eigenvalue weighted by molar-refractivity contribution is -0.135. The molecule has 1 aliphatic rings. The van der Waals surface area contributed by atoms with Crippen molar-refractivity contribution in [1.82, 2.24) is 14.9 Å². The third-order valence-corrected chi connectivity index (χ3v) is 3.14. The highest BCUT2D eigenvalue weighted by Gasteiger charge is 2.28. The highest BCUT2D eigenvalue weighted by atomic mass is 16.2. The molecule has 1 aromatic heterocycles. The van der Waals surface area contributed by atoms with Gasteiger partial charge in [-0.1, -0.05) is 0 Å². The van der Waals surface area contributed by atoms with Gasteiger partial charge in [-0.25, -0.2) is 4.98 Å². The molecular formula is C12H12N4O2. The SMILES string of the molecule is Nc1ccc2ncn(C3CCC(=O)NC3=O)c2c1. The third-order valence-electron chi connectivity index (χ3n) is 3.14. The zero-order chi connectivity index (χ0) is 12.7. The summed E-state index contributed by atoms with van der Waals surface area (Å²) in [5.74, 6) is -0.506. The van der Waals surface area contributed by atoms with E-state index in [0.717, 1.165) is 11.0 Å². The zero-order valence-electron chi connectivity index (χ0n) is 9.59. The van der Waals surface area contributed by atoms with Gasteiger partial charge in [0.2, 0.25) is 11.8 Å². The lowest BCUT2D eigenvalue weighted by Gasteiger charge is -2.22. The molecule has 6 heteroatoms. The number of aromatic nitrogens is 2. The molecule has 1 aliphatic heterocycles. The van der Waals surface area contributed by atoms with Crippen LogP contribution in [-0.4, -0.2) is 21.4 Å². The first-order valence-corrected chi connectivity index (χ1v) is 5.71. The highest BCUT2D eigenvalue weighted by Crippen LogP contribution is 2.25. The van der Waals surface area contributed by atoms with E-state index < -0.39 is 6.04 Å². The van der Waals surface area contributed by atoms with Gasteiger partial charge in [0.25, 0.3) is 0 Å². The molecule has 2 amide bonds. The van der Waals surface area contributed by atoms with E-state index in [1.807, 2.05) is 6.07 Å². The second-order valence-electron chi connectivity index (χ2n) is 4.37. The average molecular weight is 244 g/mol. The van der Waals surface area contributed by atoms with Gasteiger partial charge in [0, 0.05) is 12.1 Å². The van der Waals surface area contributed by atoms with Gasteiger partial charge < -0.3 is 10.3 Å². The van der Waals surface area contributed by atoms with E-state index in [0.29, 0.717) is 18.5 Å². The number of carbonyl (C=O) groups is 2. The summed E-state index contributed by atoms with van der Waals surface area (Å²) < 4.78 is 1.77. The molecule has 1 fully saturated rings. The molecule has 0 radical (unpaired) electrons. The van der Waals surface area contributed by atoms with Crippen molar-refractivity contribution in [1.29, 1.82) is 0 Å². The summed E-state index contributed by atoms with van der Waals surface area (Å²) in [5, 5.41) is 2.34. The average Bonchev–Trinajstić information content (AvgIpc) is 2.72. The first-order valence-electron chi connectivity index (χ1n) is 5.71. The Labute approximate surface area is 103 Å². The summed E-state index contributed by atoms with van der Waals surface area (Å²) in [7, 11) is 0. The van der Waals surface area contributed by atoms with Crippen LogP contribution in [0.2, 0.25) is 0 Å². The van der Waals surface area contributed by atoms with Gasteiger partial charge >= 0.3 is 0 Å². The van der Waals surface area contributed by atoms with Crippen LogP contribution in [0, 0.1) is 0 Å². The van der Waals surface area contributed by atoms with Gasteiger partial charge in [-0.3, -0.25) is 14.9 Å². The van der Waals surface area contributed by atoms with Crippen LogP contribution in [0.15, 0.2) is 24.5 Å². The van der Waals surface area contributed by atoms with Crippen molar-refractivity contribution in [2.24, 2.45) is 0 Å². The van der Waals surface area contributed by atoms with Crippen molar-refractivity contribution < 1.29 is 9.59 Å². The fourth-order valence-electron chi connectivity index (χ4n) is 2.24. The molecule has 0 saturated carbocycles. The Balaban J connectivity index is 2.06. The summed E-state index contributed by atoms with van der Waals surface area (Å²) in [6.45, 7) is 0. The van der Waals surface area contributed by atoms with Crippen LogP contribution in [0.5, 0.6) is 0 Å². The fourth-order valence-corrected chi connectivity index (χ4v) is 2.24. The molecule has 1 aromatic carbocycles. The second-order valence-corrected chi connectivity index (χ2v) is 4.37. The van der Waals surface area contributed by atoms with Crippen LogP contribution >= 0.6 is 0 Å². The number of hydrogen-bond acceptors (Lipinski definition) is 4. The number of hydrogen-bond donors (Lipinski definition) is 2. The normalized spacial score (nSPS) is 20.1. The van der Waals surface area contributed by atoms with E-state index in [4.69, 9.17) is 5.73 Å². The minimum absolute atomic E-state index is 0.222. The number of amides is 2. The lowest BCUT2D eigenvalue weighted by atomic mass is 10.1. The van der Waals surface area contributed by atoms with Crippen LogP contribution < -0.4 is 11.1 Å². The number of nitrogens with two attached hydrogens (primary N) is 1. The second kappa shape index (κ2) is 3.83. The number of piperidine rings is 1. The van der Waals surface area contributed by atoms with E-state index in [1.54, 1.807) is 23.0 Å². The minimum atomic E-state index is -0.394. The first-order chi connectivity index (χ1) is 8.65. The summed E-state index contributed by atoms with van der Waals surface area (Å²) >= 11 is 0. The van der Waals surface area contributed by atoms with Crippen LogP contribution in [0.4, 0.5) is 5.69 Å². The molecule has 1 saturated heterocycles. The van der Waals surface area contributed by atoms with Gasteiger partial charge in [0.1, 0.15) is 6.04 Å². The Kier molecular flexibility index (Phi) is 2.29. The van der Waals surface area contributed by atoms with E-state index in [9.17, 15) is 9.59 Å². The molecular weight excluding hydrogens is 232 g/mol. The Morgan fingerprint density at radius 2 is 2.22 bits per heavy atom. The number of imide groups is 1. The minimum Gasteiger partial charge on any atom is -0.399 e. The Hall–Kier alpha value is -2.37. The summed E-state index contributed by atoms with van der Waals surface area (Å²) in [4.78, 5) is 27.2. The number of carbonyl (C=O) groups excluding carboxylic acids is 2. The topological polar surface area (TPSA) is 90.0 Å². The maximum Gasteiger partial charge on any atom is 0.249 e. The largest absolute Gasteiger partial charge is 0.399 e. The maximum absolute atomic E-state index is 11.8. The van der Waals surface area contributed by atoms with Crippen molar-refractivity contribution in [2.45, 2.75) is 18.9 Å². The molecule has 18 heavy (non-hydrogen) atoms. The summed E-state index contributed by atoms with van der Waals surface area (Å²) in [6, 6.07) is 4.97. The maximum atomic E-state index is 11.8. The van der Waals surface area contributed by atoms with Gasteiger partial charge in [-0.05, 0) is 24.6 Å². The quantitative estimate of drug-likeness (QED) is 0.567. The Morgan fingerprint density at radius 3 is 3.00 bits per heavy atom. The van der Waals surface area contributed by atoms with Gasteiger partial charge in [0.05, 0.1) is 17.4 Å². The van der Waals surface area contributed by atoms with E-state index >= 15 is 0 Å². The molecule has 0 aliphatic carbocycles. The predicted octanol–water partition coefficient (Wildman–Crippen LogP) is 0.596. The molecule has 92 valence electrons. The summed E-state index contributed by atoms with van der Waals surface area (Å²) in [5.41, 5.74) is 7.96. The van der Waals surface area contributed by atoms with Crippen molar-refractivity contribution in [3.8, 4) is 0 Å². The third kappa shape index (κ3) is 1.62. The van der Waals surface area contributed by atoms with Crippen LogP contribution in [0.25, 0.3) is 11.0 Å². The van der Waals surface area contributed by atoms with Crippen molar-refractivity contribution in [2.75, 3.05) is 5.73 Å². The zero-order valence-corrected chi connectivity index (χ0v) is 9.59. The Morgan fingerprint density at radius 1 is 1.39 bits per heavy atom. The lowest BCUT2D eigenvalue weighted by Crippen LogP contribution is -2.41. The molecule has 2 aromatic rings. The monoisotopic (exact) mass is 244 g/mol. The van der Waals surface area contributed by atoms with Gasteiger partial charge in [0.15, 0.2) is 0 Å². The molecule has 2 heterocycles. The van der Waals surface area contributed by atoms with Crippen molar-refractivity contribution >= 4 is 28.5 Å². The molecule has 6 nitrogen and oxygen atoms in total. The van der Waals surface area contributed by atoms with Gasteiger partial charge in [-0.2, -0.15) is 0 Å². The molecule has 3 N–H and O–H groups in total. The smallest absolute Gasteiger partial charge is 0.249 e. The molecule has 1 atom stereocenters. The number of fused-ring (bicyclic) bond motifs is 1. The molecule has 0 bridgehead atoms. The van der Waals surface area contributed by atoms with Crippen molar-refractivity contribution in [3.63, 3.8) is 0 Å². The number of nitrogens with zero attached hydrogens (tertiary/aromatic N) is 2. The fraction of sp³-hybridized carbons (Fsp3) is 0.250. The standard InChI is InChI=1S/C12H12N4O2/c13-7-1-2-8-10(5-7)16(6-14-8)9-3-4-11(17)15-12(9)18/h1-2,5-6,9H,3-4,13H2,(H,15,17,18). The number of nitrogens with one attached hydrogen (secondary N) is 1. The number of benzene rings is 1. The first kappa shape index (κ1) is 10.8.